The molecule has 172 valence electrons. The lowest BCUT2D eigenvalue weighted by Gasteiger charge is -2.12. The number of fused-ring (bicyclic) bond motifs is 1. The lowest BCUT2D eigenvalue weighted by atomic mass is 10.1. The summed E-state index contributed by atoms with van der Waals surface area (Å²) in [6, 6.07) is 17.5. The fraction of sp³-hybridized carbons (Fsp3) is 0.125. The fourth-order valence-corrected chi connectivity index (χ4v) is 5.30. The summed E-state index contributed by atoms with van der Waals surface area (Å²) in [5, 5.41) is 12.0. The van der Waals surface area contributed by atoms with Crippen LogP contribution in [-0.2, 0) is 0 Å². The van der Waals surface area contributed by atoms with Crippen molar-refractivity contribution in [2.75, 3.05) is 24.7 Å². The van der Waals surface area contributed by atoms with Crippen LogP contribution in [0.4, 0.5) is 17.1 Å². The molecule has 0 saturated heterocycles. The molecule has 10 heteroatoms. The van der Waals surface area contributed by atoms with Gasteiger partial charge in [-0.1, -0.05) is 29.4 Å². The molecule has 4 aromatic rings. The number of nitrogens with zero attached hydrogens (tertiary/aromatic N) is 4. The number of aliphatic imine (C=N–C) groups is 1. The number of halogens is 1. The molecule has 0 radical (unpaired) electrons. The molecule has 0 spiro atoms. The van der Waals surface area contributed by atoms with E-state index in [1.807, 2.05) is 18.2 Å². The molecule has 0 unspecified atom stereocenters. The third-order valence-electron chi connectivity index (χ3n) is 4.89. The average molecular weight is 511 g/mol. The second-order valence-corrected chi connectivity index (χ2v) is 10.2. The summed E-state index contributed by atoms with van der Waals surface area (Å²) in [7, 11) is 3.53. The highest BCUT2D eigenvalue weighted by molar-refractivity contribution is 8.01. The van der Waals surface area contributed by atoms with Gasteiger partial charge in [-0.2, -0.15) is 0 Å². The first-order chi connectivity index (χ1) is 16.3. The Balaban J connectivity index is 1.47. The van der Waals surface area contributed by atoms with Gasteiger partial charge in [0.25, 0.3) is 5.69 Å². The Morgan fingerprint density at radius 1 is 1.18 bits per heavy atom. The molecule has 4 rings (SSSR count). The van der Waals surface area contributed by atoms with Crippen molar-refractivity contribution < 1.29 is 9.72 Å². The number of hydrogen-bond donors (Lipinski definition) is 0. The Hall–Kier alpha value is -3.27. The topological polar surface area (TPSA) is 88.7 Å². The van der Waals surface area contributed by atoms with E-state index in [0.29, 0.717) is 27.5 Å². The largest absolute Gasteiger partial charge is 0.372 e. The SMILES string of the molecule is CN(C)c1ccc(C=Nc2ccc3nc(SCC(=O)c4ccc(Cl)cc4)sc3c2)cc1[N+](=O)[O-]. The van der Waals surface area contributed by atoms with Crippen LogP contribution in [0.5, 0.6) is 0 Å². The smallest absolute Gasteiger partial charge is 0.293 e. The molecule has 1 heterocycles. The van der Waals surface area contributed by atoms with Gasteiger partial charge in [-0.05, 0) is 54.1 Å². The number of Topliss-reactive ketones (excluding diaryl/α,β-unsaturated/α-hetero) is 1. The number of anilines is 1. The Labute approximate surface area is 209 Å². The van der Waals surface area contributed by atoms with Gasteiger partial charge in [-0.15, -0.1) is 11.3 Å². The van der Waals surface area contributed by atoms with E-state index in [9.17, 15) is 14.9 Å². The highest BCUT2D eigenvalue weighted by atomic mass is 35.5. The van der Waals surface area contributed by atoms with Gasteiger partial charge in [-0.3, -0.25) is 19.9 Å². The Morgan fingerprint density at radius 3 is 2.65 bits per heavy atom. The van der Waals surface area contributed by atoms with Gasteiger partial charge >= 0.3 is 0 Å². The van der Waals surface area contributed by atoms with Gasteiger partial charge in [0.05, 0.1) is 26.6 Å². The molecule has 3 aromatic carbocycles. The van der Waals surface area contributed by atoms with Gasteiger partial charge in [0.2, 0.25) is 0 Å². The Kier molecular flexibility index (Phi) is 7.26. The zero-order valence-electron chi connectivity index (χ0n) is 18.3. The molecule has 0 amide bonds. The van der Waals surface area contributed by atoms with Crippen molar-refractivity contribution >= 4 is 74.0 Å². The fourth-order valence-electron chi connectivity index (χ4n) is 3.17. The zero-order chi connectivity index (χ0) is 24.2. The van der Waals surface area contributed by atoms with Crippen LogP contribution in [0, 0.1) is 10.1 Å². The molecule has 0 fully saturated rings. The first-order valence-corrected chi connectivity index (χ1v) is 12.3. The first kappa shape index (κ1) is 23.9. The van der Waals surface area contributed by atoms with Crippen LogP contribution < -0.4 is 4.90 Å². The summed E-state index contributed by atoms with van der Waals surface area (Å²) >= 11 is 8.77. The minimum Gasteiger partial charge on any atom is -0.372 e. The summed E-state index contributed by atoms with van der Waals surface area (Å²) in [5.41, 5.74) is 3.36. The monoisotopic (exact) mass is 510 g/mol. The molecule has 0 aliphatic heterocycles. The minimum atomic E-state index is -0.396. The van der Waals surface area contributed by atoms with E-state index in [4.69, 9.17) is 11.6 Å². The third kappa shape index (κ3) is 5.61. The number of thiazole rings is 1. The van der Waals surface area contributed by atoms with Crippen molar-refractivity contribution in [3.63, 3.8) is 0 Å². The molecule has 0 bridgehead atoms. The number of ketones is 1. The van der Waals surface area contributed by atoms with Crippen LogP contribution in [0.15, 0.2) is 70.0 Å². The van der Waals surface area contributed by atoms with Crippen molar-refractivity contribution in [3.8, 4) is 0 Å². The molecule has 0 N–H and O–H groups in total. The van der Waals surface area contributed by atoms with Gasteiger partial charge in [0.15, 0.2) is 10.1 Å². The molecular formula is C24H19ClN4O3S2. The highest BCUT2D eigenvalue weighted by Crippen LogP contribution is 2.33. The molecular weight excluding hydrogens is 492 g/mol. The number of nitro groups is 1. The number of benzene rings is 3. The molecule has 7 nitrogen and oxygen atoms in total. The number of carbonyl (C=O) groups excluding carboxylic acids is 1. The maximum absolute atomic E-state index is 12.4. The van der Waals surface area contributed by atoms with Crippen LogP contribution in [-0.4, -0.2) is 41.8 Å². The van der Waals surface area contributed by atoms with E-state index >= 15 is 0 Å². The van der Waals surface area contributed by atoms with E-state index in [0.717, 1.165) is 14.6 Å². The van der Waals surface area contributed by atoms with Crippen LogP contribution in [0.1, 0.15) is 15.9 Å². The van der Waals surface area contributed by atoms with Crippen molar-refractivity contribution in [2.45, 2.75) is 4.34 Å². The van der Waals surface area contributed by atoms with E-state index < -0.39 is 4.92 Å². The Bertz CT molecular complexity index is 1400. The molecule has 0 atom stereocenters. The van der Waals surface area contributed by atoms with Crippen molar-refractivity contribution in [1.29, 1.82) is 0 Å². The lowest BCUT2D eigenvalue weighted by Crippen LogP contribution is -2.11. The van der Waals surface area contributed by atoms with Gasteiger partial charge in [0.1, 0.15) is 5.69 Å². The number of hydrogen-bond acceptors (Lipinski definition) is 8. The normalized spacial score (nSPS) is 11.3. The average Bonchev–Trinajstić information content (AvgIpc) is 3.23. The molecule has 1 aromatic heterocycles. The molecule has 0 aliphatic rings. The predicted octanol–water partition coefficient (Wildman–Crippen LogP) is 6.65. The predicted molar refractivity (Wildman–Crippen MR) is 141 cm³/mol. The van der Waals surface area contributed by atoms with Gasteiger partial charge in [0, 0.05) is 37.0 Å². The van der Waals surface area contributed by atoms with Crippen LogP contribution in [0.25, 0.3) is 10.2 Å². The van der Waals surface area contributed by atoms with E-state index in [1.165, 1.54) is 29.2 Å². The number of carbonyl (C=O) groups is 1. The maximum atomic E-state index is 12.4. The third-order valence-corrected chi connectivity index (χ3v) is 7.30. The maximum Gasteiger partial charge on any atom is 0.293 e. The number of aromatic nitrogens is 1. The summed E-state index contributed by atoms with van der Waals surface area (Å²) in [4.78, 5) is 34.2. The second-order valence-electron chi connectivity index (χ2n) is 7.51. The Morgan fingerprint density at radius 2 is 1.94 bits per heavy atom. The van der Waals surface area contributed by atoms with Crippen LogP contribution in [0.2, 0.25) is 5.02 Å². The summed E-state index contributed by atoms with van der Waals surface area (Å²) in [5.74, 6) is 0.300. The number of rotatable bonds is 8. The zero-order valence-corrected chi connectivity index (χ0v) is 20.7. The quantitative estimate of drug-likeness (QED) is 0.0866. The standard InChI is InChI=1S/C24H19ClN4O3S2/c1-28(2)20-10-3-15(11-21(20)29(31)32)13-26-18-8-9-19-23(12-18)34-24(27-19)33-14-22(30)16-4-6-17(25)7-5-16/h3-13H,14H2,1-2H3. The van der Waals surface area contributed by atoms with Crippen LogP contribution >= 0.6 is 34.7 Å². The molecule has 34 heavy (non-hydrogen) atoms. The molecule has 0 aliphatic carbocycles. The first-order valence-electron chi connectivity index (χ1n) is 10.1. The van der Waals surface area contributed by atoms with Crippen LogP contribution in [0.3, 0.4) is 0 Å². The van der Waals surface area contributed by atoms with Crippen molar-refractivity contribution in [3.05, 3.63) is 86.9 Å². The van der Waals surface area contributed by atoms with Crippen molar-refractivity contribution in [1.82, 2.24) is 4.98 Å². The van der Waals surface area contributed by atoms with E-state index in [1.54, 1.807) is 61.6 Å². The van der Waals surface area contributed by atoms with E-state index in [2.05, 4.69) is 9.98 Å². The van der Waals surface area contributed by atoms with E-state index in [-0.39, 0.29) is 17.2 Å². The van der Waals surface area contributed by atoms with Gasteiger partial charge < -0.3 is 4.90 Å². The number of thioether (sulfide) groups is 1. The molecule has 0 saturated carbocycles. The summed E-state index contributed by atoms with van der Waals surface area (Å²) < 4.78 is 1.75. The highest BCUT2D eigenvalue weighted by Gasteiger charge is 2.15. The number of nitro benzene ring substituents is 1. The van der Waals surface area contributed by atoms with Gasteiger partial charge in [-0.25, -0.2) is 4.98 Å². The summed E-state index contributed by atoms with van der Waals surface area (Å²) in [6.07, 6.45) is 1.61. The van der Waals surface area contributed by atoms with Crippen molar-refractivity contribution in [2.24, 2.45) is 4.99 Å². The summed E-state index contributed by atoms with van der Waals surface area (Å²) in [6.45, 7) is 0. The second kappa shape index (κ2) is 10.3. The lowest BCUT2D eigenvalue weighted by molar-refractivity contribution is -0.384. The minimum absolute atomic E-state index is 0.0144.